The second kappa shape index (κ2) is 4.05. The Bertz CT molecular complexity index is 259. The van der Waals surface area contributed by atoms with Gasteiger partial charge in [0.1, 0.15) is 24.4 Å². The fraction of sp³-hybridized carbons (Fsp3) is 0.889. The molecule has 0 spiro atoms. The molecule has 2 N–H and O–H groups in total. The van der Waals surface area contributed by atoms with Gasteiger partial charge in [0.15, 0.2) is 6.29 Å². The Hall–Kier alpha value is -0.690. The van der Waals surface area contributed by atoms with Crippen LogP contribution in [-0.4, -0.2) is 55.4 Å². The first-order chi connectivity index (χ1) is 7.13. The van der Waals surface area contributed by atoms with E-state index < -0.39 is 18.5 Å². The number of ether oxygens (including phenoxy) is 3. The molecule has 2 rings (SSSR count). The van der Waals surface area contributed by atoms with Crippen LogP contribution in [0.15, 0.2) is 0 Å². The zero-order valence-electron chi connectivity index (χ0n) is 8.67. The average molecular weight is 217 g/mol. The molecule has 2 aliphatic heterocycles. The van der Waals surface area contributed by atoms with Crippen molar-refractivity contribution in [2.75, 3.05) is 13.7 Å². The maximum absolute atomic E-state index is 11.0. The van der Waals surface area contributed by atoms with E-state index in [-0.39, 0.29) is 24.7 Å². The Morgan fingerprint density at radius 2 is 2.27 bits per heavy atom. The highest BCUT2D eigenvalue weighted by Crippen LogP contribution is 2.31. The first kappa shape index (κ1) is 10.8. The smallest absolute Gasteiger partial charge is 0.217 e. The van der Waals surface area contributed by atoms with Gasteiger partial charge in [0.05, 0.1) is 6.61 Å². The van der Waals surface area contributed by atoms with Crippen molar-refractivity contribution in [3.05, 3.63) is 0 Å². The van der Waals surface area contributed by atoms with Gasteiger partial charge in [0.25, 0.3) is 0 Å². The van der Waals surface area contributed by atoms with Crippen LogP contribution in [0.2, 0.25) is 0 Å². The van der Waals surface area contributed by atoms with Crippen molar-refractivity contribution < 1.29 is 24.1 Å². The van der Waals surface area contributed by atoms with E-state index in [1.54, 1.807) is 0 Å². The van der Waals surface area contributed by atoms with E-state index in [2.05, 4.69) is 5.32 Å². The van der Waals surface area contributed by atoms with Crippen LogP contribution >= 0.6 is 0 Å². The summed E-state index contributed by atoms with van der Waals surface area (Å²) in [6.07, 6.45) is -1.94. The Balaban J connectivity index is 2.09. The summed E-state index contributed by atoms with van der Waals surface area (Å²) < 4.78 is 15.9. The molecule has 1 amide bonds. The minimum Gasteiger partial charge on any atom is -0.388 e. The molecular weight excluding hydrogens is 202 g/mol. The molecule has 86 valence electrons. The monoisotopic (exact) mass is 217 g/mol. The lowest BCUT2D eigenvalue weighted by molar-refractivity contribution is -0.146. The van der Waals surface area contributed by atoms with Gasteiger partial charge in [0, 0.05) is 14.0 Å². The third-order valence-corrected chi connectivity index (χ3v) is 2.70. The van der Waals surface area contributed by atoms with Crippen LogP contribution in [0.3, 0.4) is 0 Å². The maximum atomic E-state index is 11.0. The van der Waals surface area contributed by atoms with Crippen molar-refractivity contribution in [2.24, 2.45) is 0 Å². The van der Waals surface area contributed by atoms with Gasteiger partial charge in [-0.15, -0.1) is 0 Å². The number of amides is 1. The molecule has 1 unspecified atom stereocenters. The minimum absolute atomic E-state index is 0.170. The number of aliphatic hydroxyl groups is 1. The molecule has 0 aromatic heterocycles. The number of fused-ring (bicyclic) bond motifs is 1. The molecule has 0 bridgehead atoms. The molecule has 2 heterocycles. The van der Waals surface area contributed by atoms with Gasteiger partial charge < -0.3 is 24.6 Å². The molecule has 2 aliphatic rings. The van der Waals surface area contributed by atoms with Crippen LogP contribution in [0.1, 0.15) is 6.92 Å². The summed E-state index contributed by atoms with van der Waals surface area (Å²) in [4.78, 5) is 11.0. The molecule has 5 atom stereocenters. The van der Waals surface area contributed by atoms with E-state index in [0.717, 1.165) is 0 Å². The summed E-state index contributed by atoms with van der Waals surface area (Å²) in [6, 6.07) is -0.352. The largest absolute Gasteiger partial charge is 0.388 e. The Labute approximate surface area is 87.5 Å². The van der Waals surface area contributed by atoms with Gasteiger partial charge in [-0.1, -0.05) is 0 Å². The standard InChI is InChI=1S/C9H15NO5/c1-4(11)10-6-8-7(5(12)3-14-8)15-9(6)13-2/h5-9,12H,3H2,1-2H3,(H,10,11)/t5-,6+,7+,8+,9?/m0/s1. The molecule has 6 nitrogen and oxygen atoms in total. The van der Waals surface area contributed by atoms with E-state index >= 15 is 0 Å². The van der Waals surface area contributed by atoms with Crippen molar-refractivity contribution >= 4 is 5.91 Å². The van der Waals surface area contributed by atoms with E-state index in [1.807, 2.05) is 0 Å². The maximum Gasteiger partial charge on any atom is 0.217 e. The number of aliphatic hydroxyl groups excluding tert-OH is 1. The van der Waals surface area contributed by atoms with Crippen LogP contribution in [0.5, 0.6) is 0 Å². The third-order valence-electron chi connectivity index (χ3n) is 2.70. The lowest BCUT2D eigenvalue weighted by Crippen LogP contribution is -2.47. The number of nitrogens with one attached hydrogen (secondary N) is 1. The SMILES string of the molecule is COC1O[C@H]2[C@H](OC[C@@H]2O)[C@H]1NC(C)=O. The van der Waals surface area contributed by atoms with Gasteiger partial charge in [-0.05, 0) is 0 Å². The van der Waals surface area contributed by atoms with Gasteiger partial charge in [-0.25, -0.2) is 0 Å². The van der Waals surface area contributed by atoms with E-state index in [4.69, 9.17) is 14.2 Å². The van der Waals surface area contributed by atoms with Crippen LogP contribution < -0.4 is 5.32 Å². The summed E-state index contributed by atoms with van der Waals surface area (Å²) in [7, 11) is 1.49. The molecule has 2 saturated heterocycles. The van der Waals surface area contributed by atoms with Crippen molar-refractivity contribution in [3.8, 4) is 0 Å². The van der Waals surface area contributed by atoms with Gasteiger partial charge >= 0.3 is 0 Å². The topological polar surface area (TPSA) is 77.0 Å². The van der Waals surface area contributed by atoms with Crippen LogP contribution in [0.25, 0.3) is 0 Å². The van der Waals surface area contributed by atoms with E-state index in [1.165, 1.54) is 14.0 Å². The molecule has 0 aliphatic carbocycles. The molecule has 0 radical (unpaired) electrons. The highest BCUT2D eigenvalue weighted by atomic mass is 16.7. The normalized spacial score (nSPS) is 44.1. The summed E-state index contributed by atoms with van der Waals surface area (Å²) in [5.74, 6) is -0.170. The minimum atomic E-state index is -0.647. The van der Waals surface area contributed by atoms with Crippen molar-refractivity contribution in [3.63, 3.8) is 0 Å². The quantitative estimate of drug-likeness (QED) is 0.596. The number of carbonyl (C=O) groups excluding carboxylic acids is 1. The summed E-state index contributed by atoms with van der Waals surface area (Å²) in [6.45, 7) is 1.66. The second-order valence-corrected chi connectivity index (χ2v) is 3.80. The third kappa shape index (κ3) is 1.85. The Morgan fingerprint density at radius 3 is 2.87 bits per heavy atom. The molecule has 0 aromatic carbocycles. The zero-order chi connectivity index (χ0) is 11.0. The van der Waals surface area contributed by atoms with Crippen LogP contribution in [0, 0.1) is 0 Å². The molecule has 0 saturated carbocycles. The predicted octanol–water partition coefficient (Wildman–Crippen LogP) is -1.38. The highest BCUT2D eigenvalue weighted by molar-refractivity contribution is 5.73. The highest BCUT2D eigenvalue weighted by Gasteiger charge is 2.52. The van der Waals surface area contributed by atoms with Gasteiger partial charge in [-0.2, -0.15) is 0 Å². The second-order valence-electron chi connectivity index (χ2n) is 3.80. The predicted molar refractivity (Wildman–Crippen MR) is 49.0 cm³/mol. The molecule has 15 heavy (non-hydrogen) atoms. The number of hydrogen-bond acceptors (Lipinski definition) is 5. The van der Waals surface area contributed by atoms with E-state index in [0.29, 0.717) is 0 Å². The van der Waals surface area contributed by atoms with Gasteiger partial charge in [0.2, 0.25) is 5.91 Å². The van der Waals surface area contributed by atoms with Crippen LogP contribution in [-0.2, 0) is 19.0 Å². The Morgan fingerprint density at radius 1 is 1.53 bits per heavy atom. The Kier molecular flexibility index (Phi) is 2.92. The van der Waals surface area contributed by atoms with Gasteiger partial charge in [-0.3, -0.25) is 4.79 Å². The summed E-state index contributed by atoms with van der Waals surface area (Å²) in [5.41, 5.74) is 0. The molecule has 0 aromatic rings. The number of hydrogen-bond donors (Lipinski definition) is 2. The van der Waals surface area contributed by atoms with Crippen molar-refractivity contribution in [2.45, 2.75) is 37.6 Å². The molecule has 2 fully saturated rings. The summed E-state index contributed by atoms with van der Waals surface area (Å²) >= 11 is 0. The van der Waals surface area contributed by atoms with E-state index in [9.17, 15) is 9.90 Å². The lowest BCUT2D eigenvalue weighted by atomic mass is 10.1. The number of methoxy groups -OCH3 is 1. The number of carbonyl (C=O) groups is 1. The lowest BCUT2D eigenvalue weighted by Gasteiger charge is -2.21. The number of rotatable bonds is 2. The van der Waals surface area contributed by atoms with Crippen molar-refractivity contribution in [1.82, 2.24) is 5.32 Å². The molecular formula is C9H15NO5. The van der Waals surface area contributed by atoms with Crippen LogP contribution in [0.4, 0.5) is 0 Å². The molecule has 6 heteroatoms. The van der Waals surface area contributed by atoms with Crippen molar-refractivity contribution in [1.29, 1.82) is 0 Å². The average Bonchev–Trinajstić information content (AvgIpc) is 2.68. The fourth-order valence-electron chi connectivity index (χ4n) is 2.08. The zero-order valence-corrected chi connectivity index (χ0v) is 8.67. The first-order valence-electron chi connectivity index (χ1n) is 4.88. The fourth-order valence-corrected chi connectivity index (χ4v) is 2.08. The summed E-state index contributed by atoms with van der Waals surface area (Å²) in [5, 5.41) is 12.3. The first-order valence-corrected chi connectivity index (χ1v) is 4.88.